The molecule has 0 spiro atoms. The van der Waals surface area contributed by atoms with Gasteiger partial charge in [0.1, 0.15) is 10.6 Å². The lowest BCUT2D eigenvalue weighted by atomic mass is 10.3. The quantitative estimate of drug-likeness (QED) is 0.855. The second kappa shape index (κ2) is 6.46. The van der Waals surface area contributed by atoms with Crippen molar-refractivity contribution < 1.29 is 18.3 Å². The molecule has 0 saturated heterocycles. The van der Waals surface area contributed by atoms with E-state index in [-0.39, 0.29) is 11.5 Å². The van der Waals surface area contributed by atoms with Gasteiger partial charge in [0.05, 0.1) is 18.9 Å². The normalized spacial score (nSPS) is 11.4. The average Bonchev–Trinajstić information content (AvgIpc) is 2.83. The molecule has 2 aromatic rings. The molecule has 0 amide bonds. The zero-order valence-electron chi connectivity index (χ0n) is 11.8. The highest BCUT2D eigenvalue weighted by molar-refractivity contribution is 7.93. The molecule has 1 aromatic heterocycles. The van der Waals surface area contributed by atoms with E-state index in [0.717, 1.165) is 0 Å². The molecule has 0 aliphatic rings. The number of aliphatic hydroxyl groups excluding tert-OH is 1. The van der Waals surface area contributed by atoms with Crippen molar-refractivity contribution in [1.82, 2.24) is 0 Å². The van der Waals surface area contributed by atoms with Crippen molar-refractivity contribution in [3.63, 3.8) is 0 Å². The van der Waals surface area contributed by atoms with Crippen LogP contribution in [0.25, 0.3) is 0 Å². The fraction of sp³-hybridized carbons (Fsp3) is 0.286. The molecule has 21 heavy (non-hydrogen) atoms. The summed E-state index contributed by atoms with van der Waals surface area (Å²) in [6.07, 6.45) is 0. The van der Waals surface area contributed by atoms with E-state index in [2.05, 4.69) is 4.72 Å². The third-order valence-electron chi connectivity index (χ3n) is 2.80. The Balaban J connectivity index is 2.35. The van der Waals surface area contributed by atoms with Crippen LogP contribution in [-0.2, 0) is 16.6 Å². The number of para-hydroxylation sites is 2. The highest BCUT2D eigenvalue weighted by Gasteiger charge is 2.21. The largest absolute Gasteiger partial charge is 0.492 e. The molecule has 0 radical (unpaired) electrons. The molecule has 0 atom stereocenters. The molecule has 1 aromatic carbocycles. The minimum atomic E-state index is -3.70. The van der Waals surface area contributed by atoms with Gasteiger partial charge in [-0.3, -0.25) is 4.72 Å². The summed E-state index contributed by atoms with van der Waals surface area (Å²) in [5.74, 6) is 0.485. The van der Waals surface area contributed by atoms with Crippen molar-refractivity contribution in [3.8, 4) is 5.75 Å². The summed E-state index contributed by atoms with van der Waals surface area (Å²) in [5.41, 5.74) is 0.399. The molecule has 5 nitrogen and oxygen atoms in total. The Morgan fingerprint density at radius 1 is 1.33 bits per heavy atom. The summed E-state index contributed by atoms with van der Waals surface area (Å²) >= 11 is 1.27. The predicted molar refractivity (Wildman–Crippen MR) is 83.4 cm³/mol. The number of aryl methyl sites for hydroxylation is 1. The number of hydrogen-bond donors (Lipinski definition) is 2. The SMILES string of the molecule is CCOc1ccccc1NS(=O)(=O)c1cc(CO)sc1C. The van der Waals surface area contributed by atoms with E-state index < -0.39 is 10.0 Å². The molecule has 0 saturated carbocycles. The average molecular weight is 327 g/mol. The molecule has 114 valence electrons. The maximum Gasteiger partial charge on any atom is 0.263 e. The third kappa shape index (κ3) is 3.55. The first-order valence-electron chi connectivity index (χ1n) is 6.42. The highest BCUT2D eigenvalue weighted by atomic mass is 32.2. The summed E-state index contributed by atoms with van der Waals surface area (Å²) in [5, 5.41) is 9.12. The molecule has 0 aliphatic carbocycles. The van der Waals surface area contributed by atoms with Gasteiger partial charge >= 0.3 is 0 Å². The predicted octanol–water partition coefficient (Wildman–Crippen LogP) is 2.75. The third-order valence-corrected chi connectivity index (χ3v) is 5.46. The molecular formula is C14H17NO4S2. The number of ether oxygens (including phenoxy) is 1. The fourth-order valence-corrected chi connectivity index (χ4v) is 4.47. The molecule has 2 N–H and O–H groups in total. The lowest BCUT2D eigenvalue weighted by Crippen LogP contribution is -2.14. The van der Waals surface area contributed by atoms with Gasteiger partial charge in [-0.1, -0.05) is 12.1 Å². The van der Waals surface area contributed by atoms with Gasteiger partial charge in [0.15, 0.2) is 0 Å². The van der Waals surface area contributed by atoms with Crippen LogP contribution < -0.4 is 9.46 Å². The van der Waals surface area contributed by atoms with Crippen molar-refractivity contribution in [1.29, 1.82) is 0 Å². The molecule has 0 fully saturated rings. The zero-order chi connectivity index (χ0) is 15.5. The molecule has 0 bridgehead atoms. The van der Waals surface area contributed by atoms with Gasteiger partial charge in [-0.15, -0.1) is 11.3 Å². The van der Waals surface area contributed by atoms with Crippen molar-refractivity contribution >= 4 is 27.0 Å². The number of anilines is 1. The number of hydrogen-bond acceptors (Lipinski definition) is 5. The van der Waals surface area contributed by atoms with Gasteiger partial charge < -0.3 is 9.84 Å². The Labute approximate surface area is 128 Å². The number of nitrogens with one attached hydrogen (secondary N) is 1. The van der Waals surface area contributed by atoms with Gasteiger partial charge in [-0.2, -0.15) is 0 Å². The van der Waals surface area contributed by atoms with Crippen LogP contribution in [0, 0.1) is 6.92 Å². The van der Waals surface area contributed by atoms with Crippen LogP contribution in [0.3, 0.4) is 0 Å². The van der Waals surface area contributed by atoms with E-state index in [9.17, 15) is 8.42 Å². The Bertz CT molecular complexity index is 722. The maximum absolute atomic E-state index is 12.5. The standard InChI is InChI=1S/C14H17NO4S2/c1-3-19-13-7-5-4-6-12(13)15-21(17,18)14-8-11(9-16)20-10(14)2/h4-8,15-16H,3,9H2,1-2H3. The molecular weight excluding hydrogens is 310 g/mol. The van der Waals surface area contributed by atoms with Gasteiger partial charge in [-0.05, 0) is 32.0 Å². The summed E-state index contributed by atoms with van der Waals surface area (Å²) in [6.45, 7) is 3.83. The number of benzene rings is 1. The Kier molecular flexibility index (Phi) is 4.87. The maximum atomic E-state index is 12.5. The lowest BCUT2D eigenvalue weighted by molar-refractivity contribution is 0.285. The summed E-state index contributed by atoms with van der Waals surface area (Å²) in [6, 6.07) is 8.37. The summed E-state index contributed by atoms with van der Waals surface area (Å²) in [4.78, 5) is 1.44. The summed E-state index contributed by atoms with van der Waals surface area (Å²) in [7, 11) is -3.70. The van der Waals surface area contributed by atoms with Crippen LogP contribution in [-0.4, -0.2) is 20.1 Å². The topological polar surface area (TPSA) is 75.6 Å². The van der Waals surface area contributed by atoms with Gasteiger partial charge in [0, 0.05) is 9.75 Å². The molecule has 0 aliphatic heterocycles. The Morgan fingerprint density at radius 3 is 2.67 bits per heavy atom. The van der Waals surface area contributed by atoms with E-state index >= 15 is 0 Å². The smallest absolute Gasteiger partial charge is 0.263 e. The number of thiophene rings is 1. The van der Waals surface area contributed by atoms with Crippen LogP contribution in [0.1, 0.15) is 16.7 Å². The number of sulfonamides is 1. The van der Waals surface area contributed by atoms with Gasteiger partial charge in [0.2, 0.25) is 0 Å². The molecule has 7 heteroatoms. The molecule has 1 heterocycles. The van der Waals surface area contributed by atoms with Crippen molar-refractivity contribution in [2.75, 3.05) is 11.3 Å². The minimum Gasteiger partial charge on any atom is -0.492 e. The second-order valence-corrected chi connectivity index (χ2v) is 7.32. The van der Waals surface area contributed by atoms with E-state index in [4.69, 9.17) is 9.84 Å². The van der Waals surface area contributed by atoms with E-state index in [1.54, 1.807) is 31.2 Å². The van der Waals surface area contributed by atoms with Gasteiger partial charge in [0.25, 0.3) is 10.0 Å². The first-order valence-corrected chi connectivity index (χ1v) is 8.72. The monoisotopic (exact) mass is 327 g/mol. The first kappa shape index (κ1) is 15.8. The lowest BCUT2D eigenvalue weighted by Gasteiger charge is -2.12. The number of rotatable bonds is 6. The molecule has 2 rings (SSSR count). The first-order chi connectivity index (χ1) is 9.97. The van der Waals surface area contributed by atoms with Crippen molar-refractivity contribution in [2.45, 2.75) is 25.3 Å². The Morgan fingerprint density at radius 2 is 2.05 bits per heavy atom. The van der Waals surface area contributed by atoms with E-state index in [1.165, 1.54) is 17.4 Å². The van der Waals surface area contributed by atoms with Crippen LogP contribution in [0.2, 0.25) is 0 Å². The van der Waals surface area contributed by atoms with Crippen LogP contribution >= 0.6 is 11.3 Å². The zero-order valence-corrected chi connectivity index (χ0v) is 13.4. The Hall–Kier alpha value is -1.57. The van der Waals surface area contributed by atoms with Crippen molar-refractivity contribution in [2.24, 2.45) is 0 Å². The minimum absolute atomic E-state index is 0.170. The van der Waals surface area contributed by atoms with E-state index in [1.807, 2.05) is 6.92 Å². The fourth-order valence-electron chi connectivity index (χ4n) is 1.90. The highest BCUT2D eigenvalue weighted by Crippen LogP contribution is 2.30. The number of aliphatic hydroxyl groups is 1. The van der Waals surface area contributed by atoms with Crippen molar-refractivity contribution in [3.05, 3.63) is 40.1 Å². The van der Waals surface area contributed by atoms with Crippen LogP contribution in [0.15, 0.2) is 35.2 Å². The molecule has 0 unspecified atom stereocenters. The van der Waals surface area contributed by atoms with Crippen LogP contribution in [0.4, 0.5) is 5.69 Å². The summed E-state index contributed by atoms with van der Waals surface area (Å²) < 4.78 is 32.9. The van der Waals surface area contributed by atoms with Gasteiger partial charge in [-0.25, -0.2) is 8.42 Å². The second-order valence-electron chi connectivity index (χ2n) is 4.33. The van der Waals surface area contributed by atoms with E-state index in [0.29, 0.717) is 27.8 Å². The van der Waals surface area contributed by atoms with Crippen LogP contribution in [0.5, 0.6) is 5.75 Å².